The van der Waals surface area contributed by atoms with Crippen molar-refractivity contribution in [2.75, 3.05) is 6.54 Å². The molecule has 2 aromatic rings. The molecule has 13 atom stereocenters. The van der Waals surface area contributed by atoms with E-state index >= 15 is 0 Å². The van der Waals surface area contributed by atoms with Gasteiger partial charge in [-0.3, -0.25) is 0 Å². The number of allylic oxidation sites excluding steroid dienone is 20. The summed E-state index contributed by atoms with van der Waals surface area (Å²) in [5, 5.41) is 4.34. The van der Waals surface area contributed by atoms with Crippen LogP contribution in [0.2, 0.25) is 0 Å². The first-order chi connectivity index (χ1) is 33.2. The number of aromatic nitrogens is 3. The van der Waals surface area contributed by atoms with Crippen molar-refractivity contribution in [3.8, 4) is 0 Å². The molecule has 340 valence electrons. The average Bonchev–Trinajstić information content (AvgIpc) is 4.17. The van der Waals surface area contributed by atoms with Crippen molar-refractivity contribution in [1.29, 1.82) is 0 Å². The predicted octanol–water partition coefficient (Wildman–Crippen LogP) is 12.5. The second kappa shape index (κ2) is 17.9. The lowest BCUT2D eigenvalue weighted by molar-refractivity contribution is -0.00236. The van der Waals surface area contributed by atoms with Gasteiger partial charge in [-0.25, -0.2) is 15.0 Å². The van der Waals surface area contributed by atoms with Gasteiger partial charge in [0.25, 0.3) is 0 Å². The van der Waals surface area contributed by atoms with E-state index in [1.54, 1.807) is 11.3 Å². The third-order valence-electron chi connectivity index (χ3n) is 17.4. The fraction of sp³-hybridized carbons (Fsp3) is 0.426. The van der Waals surface area contributed by atoms with Gasteiger partial charge in [-0.05, 0) is 118 Å². The molecule has 0 amide bonds. The number of ether oxygens (including phenoxy) is 1. The fourth-order valence-corrected chi connectivity index (χ4v) is 14.4. The molecule has 1 aromatic carbocycles. The minimum Gasteiger partial charge on any atom is -0.367 e. The standard InChI is InChI=1S/C61H65N5O/c1-5-19-39(20-6-1)45-30-17-31-46(40-21-7-2-8-22-40)54(45)43-37-52(61-64-59(41-23-9-3-10-24-41)63-60(65-61)42-25-13-14-26-42)55(62-38-43)51-33-18-32-49-50-36-35-48-47-29-15-16-34-53(47)66(44-27-11-4-12-28-44)56(48)58(50)67-57(49)51/h1,3,5-7,9-11,13-14,17-21,23,25,27-28,30,32-36,40-41,43,46-50,52,55-58,62H,2,4,8,12,15-16,22,24,26,29,31,37-38H2. The monoisotopic (exact) mass is 884 g/mol. The first-order valence-corrected chi connectivity index (χ1v) is 26.1. The molecular formula is C61H65N5O. The Hall–Kier alpha value is -5.43. The lowest BCUT2D eigenvalue weighted by atomic mass is 9.65. The number of nitrogens with zero attached hydrogens (tertiary/aromatic N) is 4. The molecule has 1 N–H and O–H groups in total. The van der Waals surface area contributed by atoms with Crippen LogP contribution in [-0.2, 0) is 4.74 Å². The Morgan fingerprint density at radius 2 is 1.60 bits per heavy atom. The predicted molar refractivity (Wildman–Crippen MR) is 270 cm³/mol. The van der Waals surface area contributed by atoms with Crippen molar-refractivity contribution < 1.29 is 4.74 Å². The third kappa shape index (κ3) is 7.49. The normalized spacial score (nSPS) is 36.9. The highest BCUT2D eigenvalue weighted by molar-refractivity contribution is 5.78. The molecule has 3 saturated heterocycles. The summed E-state index contributed by atoms with van der Waals surface area (Å²) >= 11 is 0. The highest BCUT2D eigenvalue weighted by atomic mass is 16.5. The number of hydrogen-bond acceptors (Lipinski definition) is 6. The Morgan fingerprint density at radius 3 is 2.45 bits per heavy atom. The molecule has 4 heterocycles. The minimum atomic E-state index is -0.0277. The highest BCUT2D eigenvalue weighted by Crippen LogP contribution is 2.57. The summed E-state index contributed by atoms with van der Waals surface area (Å²) in [5.74, 6) is 5.72. The Labute approximate surface area is 398 Å². The van der Waals surface area contributed by atoms with Crippen LogP contribution in [0.15, 0.2) is 174 Å². The van der Waals surface area contributed by atoms with Crippen molar-refractivity contribution in [3.05, 3.63) is 197 Å². The number of likely N-dealkylation sites (tertiary alicyclic amines) is 1. The van der Waals surface area contributed by atoms with Crippen molar-refractivity contribution in [2.24, 2.45) is 41.4 Å². The molecule has 8 aliphatic carbocycles. The highest BCUT2D eigenvalue weighted by Gasteiger charge is 2.58. The van der Waals surface area contributed by atoms with Crippen molar-refractivity contribution in [3.63, 3.8) is 0 Å². The van der Waals surface area contributed by atoms with E-state index in [-0.39, 0.29) is 36.0 Å². The molecule has 13 rings (SSSR count). The van der Waals surface area contributed by atoms with Crippen LogP contribution in [0.1, 0.15) is 112 Å². The Balaban J connectivity index is 0.908. The van der Waals surface area contributed by atoms with E-state index in [9.17, 15) is 0 Å². The summed E-state index contributed by atoms with van der Waals surface area (Å²) < 4.78 is 7.75. The summed E-state index contributed by atoms with van der Waals surface area (Å²) in [6.07, 6.45) is 61.2. The van der Waals surface area contributed by atoms with Crippen LogP contribution in [-0.4, -0.2) is 50.7 Å². The van der Waals surface area contributed by atoms with Gasteiger partial charge in [0.15, 0.2) is 5.82 Å². The van der Waals surface area contributed by atoms with E-state index in [4.69, 9.17) is 19.7 Å². The van der Waals surface area contributed by atoms with Crippen molar-refractivity contribution in [2.45, 2.75) is 113 Å². The van der Waals surface area contributed by atoms with E-state index < -0.39 is 0 Å². The van der Waals surface area contributed by atoms with Crippen LogP contribution in [0.3, 0.4) is 0 Å². The first-order valence-electron chi connectivity index (χ1n) is 26.1. The SMILES string of the molecule is C1=CCC(c2nc(C3C=CC=CC3)nc(C3CC(C4=C(c5ccccc5)C=CCC4C4C=CCCC4)CNC3C3=CC=CC4C3OC3C4C=CC4C5CCCC=C5N(C5=CCCC=C5)C43)n2)=C1. The zero-order chi connectivity index (χ0) is 44.3. The van der Waals surface area contributed by atoms with Gasteiger partial charge in [-0.1, -0.05) is 151 Å². The molecule has 1 aromatic heterocycles. The van der Waals surface area contributed by atoms with Crippen molar-refractivity contribution >= 4 is 11.1 Å². The maximum Gasteiger partial charge on any atom is 0.159 e. The summed E-state index contributed by atoms with van der Waals surface area (Å²) in [4.78, 5) is 19.2. The minimum absolute atomic E-state index is 0.0103. The van der Waals surface area contributed by atoms with Gasteiger partial charge in [0.1, 0.15) is 11.6 Å². The summed E-state index contributed by atoms with van der Waals surface area (Å²) in [5.41, 5.74) is 9.85. The molecule has 67 heavy (non-hydrogen) atoms. The fourth-order valence-electron chi connectivity index (χ4n) is 14.4. The van der Waals surface area contributed by atoms with Gasteiger partial charge in [0, 0.05) is 65.1 Å². The number of rotatable bonds is 8. The molecule has 6 nitrogen and oxygen atoms in total. The van der Waals surface area contributed by atoms with Gasteiger partial charge in [0.2, 0.25) is 0 Å². The Morgan fingerprint density at radius 1 is 0.672 bits per heavy atom. The molecule has 11 aliphatic rings. The molecule has 3 aliphatic heterocycles. The number of nitrogens with one attached hydrogen (secondary N) is 1. The number of hydrogen-bond donors (Lipinski definition) is 1. The van der Waals surface area contributed by atoms with Gasteiger partial charge >= 0.3 is 0 Å². The number of piperidine rings is 1. The van der Waals surface area contributed by atoms with E-state index in [2.05, 4.69) is 162 Å². The van der Waals surface area contributed by atoms with Gasteiger partial charge in [-0.2, -0.15) is 0 Å². The molecule has 3 fully saturated rings. The molecule has 0 bridgehead atoms. The van der Waals surface area contributed by atoms with Crippen LogP contribution in [0, 0.1) is 41.4 Å². The van der Waals surface area contributed by atoms with Crippen molar-refractivity contribution in [1.82, 2.24) is 25.2 Å². The lowest BCUT2D eigenvalue weighted by Gasteiger charge is -2.44. The van der Waals surface area contributed by atoms with Crippen LogP contribution in [0.5, 0.6) is 0 Å². The maximum absolute atomic E-state index is 7.75. The third-order valence-corrected chi connectivity index (χ3v) is 17.4. The quantitative estimate of drug-likeness (QED) is 0.267. The lowest BCUT2D eigenvalue weighted by Crippen LogP contribution is -2.50. The molecule has 6 heteroatoms. The average molecular weight is 884 g/mol. The van der Waals surface area contributed by atoms with Gasteiger partial charge in [0.05, 0.1) is 18.2 Å². The van der Waals surface area contributed by atoms with Crippen LogP contribution in [0.4, 0.5) is 0 Å². The zero-order valence-corrected chi connectivity index (χ0v) is 38.8. The summed E-state index contributed by atoms with van der Waals surface area (Å²) in [7, 11) is 0. The molecule has 0 spiro atoms. The Kier molecular flexibility index (Phi) is 11.2. The number of fused-ring (bicyclic) bond motifs is 7. The second-order valence-electron chi connectivity index (χ2n) is 21.1. The second-order valence-corrected chi connectivity index (χ2v) is 21.1. The van der Waals surface area contributed by atoms with E-state index in [1.165, 1.54) is 66.5 Å². The van der Waals surface area contributed by atoms with E-state index in [1.807, 2.05) is 0 Å². The van der Waals surface area contributed by atoms with Crippen LogP contribution >= 0.6 is 0 Å². The van der Waals surface area contributed by atoms with Gasteiger partial charge in [-0.15, -0.1) is 0 Å². The largest absolute Gasteiger partial charge is 0.367 e. The molecule has 0 saturated carbocycles. The maximum atomic E-state index is 7.75. The zero-order valence-electron chi connectivity index (χ0n) is 38.8. The smallest absolute Gasteiger partial charge is 0.159 e. The van der Waals surface area contributed by atoms with Gasteiger partial charge < -0.3 is 15.0 Å². The van der Waals surface area contributed by atoms with Crippen LogP contribution in [0.25, 0.3) is 11.1 Å². The molecule has 13 unspecified atom stereocenters. The summed E-state index contributed by atoms with van der Waals surface area (Å²) in [6.45, 7) is 0.906. The van der Waals surface area contributed by atoms with E-state index in [0.29, 0.717) is 41.5 Å². The summed E-state index contributed by atoms with van der Waals surface area (Å²) in [6, 6.07) is 11.5. The number of benzene rings is 1. The molecule has 0 radical (unpaired) electrons. The van der Waals surface area contributed by atoms with E-state index in [0.717, 1.165) is 62.5 Å². The first kappa shape index (κ1) is 41.7. The Bertz CT molecular complexity index is 2680. The topological polar surface area (TPSA) is 63.2 Å². The van der Waals surface area contributed by atoms with Crippen LogP contribution < -0.4 is 5.32 Å². The molecular weight excluding hydrogens is 819 g/mol.